The molecule has 1 N–H and O–H groups in total. The number of hydrogen-bond donors (Lipinski definition) is 1. The Hall–Kier alpha value is -2.90. The van der Waals surface area contributed by atoms with Gasteiger partial charge in [0.15, 0.2) is 0 Å². The van der Waals surface area contributed by atoms with Gasteiger partial charge in [-0.15, -0.1) is 0 Å². The molecule has 7 heteroatoms. The number of aromatic nitrogens is 1. The van der Waals surface area contributed by atoms with Gasteiger partial charge in [-0.05, 0) is 74.2 Å². The molecular formula is C26H31N3O3S. The molecule has 2 aromatic carbocycles. The first-order valence-electron chi connectivity index (χ1n) is 11.3. The van der Waals surface area contributed by atoms with E-state index in [0.717, 1.165) is 65.9 Å². The summed E-state index contributed by atoms with van der Waals surface area (Å²) in [7, 11) is -3.28. The molecule has 0 radical (unpaired) electrons. The van der Waals surface area contributed by atoms with Gasteiger partial charge in [-0.3, -0.25) is 14.6 Å². The molecule has 174 valence electrons. The van der Waals surface area contributed by atoms with E-state index in [1.165, 1.54) is 11.8 Å². The molecule has 33 heavy (non-hydrogen) atoms. The molecule has 4 rings (SSSR count). The normalized spacial score (nSPS) is 14.9. The highest BCUT2D eigenvalue weighted by atomic mass is 32.2. The van der Waals surface area contributed by atoms with E-state index in [4.69, 9.17) is 4.74 Å². The van der Waals surface area contributed by atoms with Crippen LogP contribution in [0.25, 0.3) is 17.0 Å². The van der Waals surface area contributed by atoms with Crippen molar-refractivity contribution in [3.05, 3.63) is 70.9 Å². The van der Waals surface area contributed by atoms with E-state index in [-0.39, 0.29) is 0 Å². The molecule has 1 aliphatic rings. The minimum atomic E-state index is -3.28. The summed E-state index contributed by atoms with van der Waals surface area (Å²) in [5.74, 6) is 0.885. The third-order valence-electron chi connectivity index (χ3n) is 5.94. The molecule has 6 nitrogen and oxygen atoms in total. The molecule has 2 heterocycles. The number of sulfonamides is 1. The number of likely N-dealkylation sites (tertiary alicyclic amines) is 1. The van der Waals surface area contributed by atoms with Crippen molar-refractivity contribution in [1.29, 1.82) is 0 Å². The lowest BCUT2D eigenvalue weighted by Crippen LogP contribution is -2.34. The molecule has 1 aliphatic heterocycles. The van der Waals surface area contributed by atoms with Crippen molar-refractivity contribution < 1.29 is 13.2 Å². The van der Waals surface area contributed by atoms with Crippen LogP contribution in [-0.4, -0.2) is 50.8 Å². The topological polar surface area (TPSA) is 71.5 Å². The minimum absolute atomic E-state index is 0.600. The van der Waals surface area contributed by atoms with E-state index >= 15 is 0 Å². The Balaban J connectivity index is 1.32. The second-order valence-corrected chi connectivity index (χ2v) is 10.5. The summed E-state index contributed by atoms with van der Waals surface area (Å²) >= 11 is 0. The number of aryl methyl sites for hydroxylation is 2. The third-order valence-corrected chi connectivity index (χ3v) is 6.54. The van der Waals surface area contributed by atoms with Gasteiger partial charge >= 0.3 is 0 Å². The number of nitrogens with one attached hydrogen (secondary N) is 1. The van der Waals surface area contributed by atoms with Gasteiger partial charge in [0.05, 0.1) is 11.8 Å². The van der Waals surface area contributed by atoms with Crippen LogP contribution < -0.4 is 9.46 Å². The number of hydrogen-bond acceptors (Lipinski definition) is 5. The van der Waals surface area contributed by atoms with Crippen LogP contribution in [0, 0.1) is 13.8 Å². The van der Waals surface area contributed by atoms with Gasteiger partial charge in [-0.25, -0.2) is 8.42 Å². The van der Waals surface area contributed by atoms with E-state index in [2.05, 4.69) is 26.7 Å². The molecule has 1 aromatic heterocycles. The van der Waals surface area contributed by atoms with Crippen LogP contribution in [0.15, 0.2) is 54.1 Å². The third kappa shape index (κ3) is 6.33. The van der Waals surface area contributed by atoms with Crippen LogP contribution in [0.2, 0.25) is 0 Å². The number of anilines is 1. The van der Waals surface area contributed by atoms with Crippen molar-refractivity contribution in [2.24, 2.45) is 0 Å². The Morgan fingerprint density at radius 3 is 2.64 bits per heavy atom. The van der Waals surface area contributed by atoms with Gasteiger partial charge in [-0.2, -0.15) is 0 Å². The monoisotopic (exact) mass is 465 g/mol. The van der Waals surface area contributed by atoms with E-state index < -0.39 is 10.0 Å². The summed E-state index contributed by atoms with van der Waals surface area (Å²) in [6.07, 6.45) is 5.38. The fourth-order valence-electron chi connectivity index (χ4n) is 4.14. The van der Waals surface area contributed by atoms with Crippen LogP contribution in [-0.2, 0) is 10.0 Å². The molecule has 0 unspecified atom stereocenters. The highest BCUT2D eigenvalue weighted by Crippen LogP contribution is 2.26. The smallest absolute Gasteiger partial charge is 0.229 e. The molecule has 0 atom stereocenters. The average Bonchev–Trinajstić information content (AvgIpc) is 2.76. The van der Waals surface area contributed by atoms with E-state index in [0.29, 0.717) is 12.3 Å². The molecule has 0 saturated carbocycles. The fourth-order valence-corrected chi connectivity index (χ4v) is 4.70. The molecule has 0 amide bonds. The van der Waals surface area contributed by atoms with Gasteiger partial charge in [-0.1, -0.05) is 23.8 Å². The zero-order chi connectivity index (χ0) is 23.4. The lowest BCUT2D eigenvalue weighted by Gasteiger charge is -2.28. The van der Waals surface area contributed by atoms with Gasteiger partial charge in [0.1, 0.15) is 12.4 Å². The minimum Gasteiger partial charge on any atom is -0.492 e. The molecule has 0 bridgehead atoms. The van der Waals surface area contributed by atoms with Gasteiger partial charge < -0.3 is 4.74 Å². The van der Waals surface area contributed by atoms with Crippen LogP contribution in [0.4, 0.5) is 5.69 Å². The SMILES string of the molecule is Cc1ccc2c(OCCN3CCC(=Cc4cc(NS(C)(=O)=O)ccc4C)CC3)cccc2n1. The Bertz CT molecular complexity index is 1280. The molecule has 0 aliphatic carbocycles. The highest BCUT2D eigenvalue weighted by molar-refractivity contribution is 7.92. The van der Waals surface area contributed by atoms with E-state index in [9.17, 15) is 8.42 Å². The second kappa shape index (κ2) is 9.93. The molecule has 0 spiro atoms. The lowest BCUT2D eigenvalue weighted by molar-refractivity contribution is 0.200. The van der Waals surface area contributed by atoms with Gasteiger partial charge in [0.25, 0.3) is 0 Å². The van der Waals surface area contributed by atoms with Crippen molar-refractivity contribution in [1.82, 2.24) is 9.88 Å². The van der Waals surface area contributed by atoms with Crippen LogP contribution in [0.1, 0.15) is 29.7 Å². The van der Waals surface area contributed by atoms with Gasteiger partial charge in [0, 0.05) is 36.4 Å². The van der Waals surface area contributed by atoms with Crippen LogP contribution in [0.5, 0.6) is 5.75 Å². The Morgan fingerprint density at radius 1 is 1.09 bits per heavy atom. The zero-order valence-electron chi connectivity index (χ0n) is 19.5. The summed E-state index contributed by atoms with van der Waals surface area (Å²) in [5, 5.41) is 1.05. The summed E-state index contributed by atoms with van der Waals surface area (Å²) in [6, 6.07) is 15.8. The number of rotatable bonds is 7. The highest BCUT2D eigenvalue weighted by Gasteiger charge is 2.15. The predicted octanol–water partition coefficient (Wildman–Crippen LogP) is 4.78. The summed E-state index contributed by atoms with van der Waals surface area (Å²) < 4.78 is 31.7. The average molecular weight is 466 g/mol. The first-order chi connectivity index (χ1) is 15.8. The van der Waals surface area contributed by atoms with Crippen molar-refractivity contribution in [3.63, 3.8) is 0 Å². The maximum absolute atomic E-state index is 11.5. The van der Waals surface area contributed by atoms with Crippen LogP contribution in [0.3, 0.4) is 0 Å². The number of ether oxygens (including phenoxy) is 1. The summed E-state index contributed by atoms with van der Waals surface area (Å²) in [5.41, 5.74) is 6.16. The molecular weight excluding hydrogens is 434 g/mol. The molecule has 1 fully saturated rings. The predicted molar refractivity (Wildman–Crippen MR) is 135 cm³/mol. The Kier molecular flexibility index (Phi) is 7.00. The summed E-state index contributed by atoms with van der Waals surface area (Å²) in [4.78, 5) is 7.01. The first-order valence-corrected chi connectivity index (χ1v) is 13.2. The van der Waals surface area contributed by atoms with Crippen molar-refractivity contribution >= 4 is 32.7 Å². The maximum atomic E-state index is 11.5. The Labute approximate surface area is 196 Å². The number of fused-ring (bicyclic) bond motifs is 1. The van der Waals surface area contributed by atoms with E-state index in [1.807, 2.05) is 50.2 Å². The quantitative estimate of drug-likeness (QED) is 0.544. The molecule has 3 aromatic rings. The van der Waals surface area contributed by atoms with Crippen molar-refractivity contribution in [2.45, 2.75) is 26.7 Å². The van der Waals surface area contributed by atoms with Crippen molar-refractivity contribution in [2.75, 3.05) is 37.2 Å². The van der Waals surface area contributed by atoms with Crippen molar-refractivity contribution in [3.8, 4) is 5.75 Å². The maximum Gasteiger partial charge on any atom is 0.229 e. The number of piperidine rings is 1. The van der Waals surface area contributed by atoms with Gasteiger partial charge in [0.2, 0.25) is 10.0 Å². The number of benzene rings is 2. The Morgan fingerprint density at radius 2 is 1.88 bits per heavy atom. The van der Waals surface area contributed by atoms with E-state index in [1.54, 1.807) is 6.07 Å². The summed E-state index contributed by atoms with van der Waals surface area (Å²) in [6.45, 7) is 7.56. The lowest BCUT2D eigenvalue weighted by atomic mass is 9.98. The second-order valence-electron chi connectivity index (χ2n) is 8.71. The fraction of sp³-hybridized carbons (Fsp3) is 0.346. The standard InChI is InChI=1S/C26H31N3O3S/c1-19-7-9-23(28-33(3,30)31)18-22(19)17-21-11-13-29(14-12-21)15-16-32-26-6-4-5-25-24(26)10-8-20(2)27-25/h4-10,17-18,28H,11-16H2,1-3H3. The zero-order valence-corrected chi connectivity index (χ0v) is 20.3. The van der Waals surface area contributed by atoms with Crippen LogP contribution >= 0.6 is 0 Å². The largest absolute Gasteiger partial charge is 0.492 e. The number of pyridine rings is 1. The number of nitrogens with zero attached hydrogens (tertiary/aromatic N) is 2. The molecule has 1 saturated heterocycles. The first kappa shape index (κ1) is 23.3.